The van der Waals surface area contributed by atoms with Crippen LogP contribution in [0.4, 0.5) is 0 Å². The summed E-state index contributed by atoms with van der Waals surface area (Å²) in [6, 6.07) is 12.0. The first-order valence-electron chi connectivity index (χ1n) is 10.8. The highest BCUT2D eigenvalue weighted by atomic mass is 16.5. The standard InChI is InChI=1S/C26H24N4O3/c1-4-32-25(2,3)10-9-17-12-21-23(29-14-17)33-22-8-7-18(19-6-5-11-28-15-19)13-20(22)26(21)16-31-24(27)30-26/h5-8,11-15H,4,16H2,1-3H3,(H2,27,30)/t26-/m0/s1. The maximum absolute atomic E-state index is 6.16. The minimum absolute atomic E-state index is 0.134. The maximum atomic E-state index is 6.16. The number of hydrogen-bond acceptors (Lipinski definition) is 7. The summed E-state index contributed by atoms with van der Waals surface area (Å²) in [6.45, 7) is 6.66. The Bertz CT molecular complexity index is 1310. The molecule has 2 N–H and O–H groups in total. The zero-order chi connectivity index (χ0) is 23.1. The lowest BCUT2D eigenvalue weighted by atomic mass is 9.81. The third kappa shape index (κ3) is 3.79. The van der Waals surface area contributed by atoms with E-state index in [4.69, 9.17) is 24.9 Å². The van der Waals surface area contributed by atoms with Crippen LogP contribution in [0.5, 0.6) is 11.6 Å². The number of aromatic nitrogens is 2. The van der Waals surface area contributed by atoms with Gasteiger partial charge in [0.15, 0.2) is 5.54 Å². The molecule has 0 saturated carbocycles. The van der Waals surface area contributed by atoms with Crippen LogP contribution in [-0.4, -0.2) is 34.8 Å². The Morgan fingerprint density at radius 2 is 2.03 bits per heavy atom. The lowest BCUT2D eigenvalue weighted by Gasteiger charge is -2.33. The van der Waals surface area contributed by atoms with Crippen LogP contribution < -0.4 is 10.5 Å². The second kappa shape index (κ2) is 7.91. The number of pyridine rings is 2. The van der Waals surface area contributed by atoms with Crippen LogP contribution >= 0.6 is 0 Å². The number of amidine groups is 1. The first kappa shape index (κ1) is 21.0. The van der Waals surface area contributed by atoms with Crippen LogP contribution in [0.2, 0.25) is 0 Å². The van der Waals surface area contributed by atoms with Gasteiger partial charge in [-0.15, -0.1) is 0 Å². The number of ether oxygens (including phenoxy) is 3. The first-order valence-corrected chi connectivity index (χ1v) is 10.8. The normalized spacial score (nSPS) is 18.3. The number of nitrogens with two attached hydrogens (primary N) is 1. The molecule has 3 aromatic rings. The summed E-state index contributed by atoms with van der Waals surface area (Å²) in [5.74, 6) is 7.48. The molecule has 7 heteroatoms. The van der Waals surface area contributed by atoms with E-state index >= 15 is 0 Å². The third-order valence-corrected chi connectivity index (χ3v) is 5.67. The van der Waals surface area contributed by atoms with E-state index in [-0.39, 0.29) is 12.6 Å². The Labute approximate surface area is 192 Å². The zero-order valence-corrected chi connectivity index (χ0v) is 18.8. The van der Waals surface area contributed by atoms with E-state index in [2.05, 4.69) is 27.9 Å². The van der Waals surface area contributed by atoms with E-state index in [0.717, 1.165) is 27.8 Å². The van der Waals surface area contributed by atoms with E-state index in [1.165, 1.54) is 0 Å². The Morgan fingerprint density at radius 1 is 1.15 bits per heavy atom. The van der Waals surface area contributed by atoms with Gasteiger partial charge < -0.3 is 19.9 Å². The van der Waals surface area contributed by atoms with Crippen molar-refractivity contribution in [3.8, 4) is 34.6 Å². The van der Waals surface area contributed by atoms with Crippen molar-refractivity contribution in [2.45, 2.75) is 31.9 Å². The monoisotopic (exact) mass is 440 g/mol. The van der Waals surface area contributed by atoms with Gasteiger partial charge in [-0.1, -0.05) is 24.0 Å². The Morgan fingerprint density at radius 3 is 2.76 bits per heavy atom. The summed E-state index contributed by atoms with van der Waals surface area (Å²) < 4.78 is 17.5. The largest absolute Gasteiger partial charge is 0.462 e. The predicted molar refractivity (Wildman–Crippen MR) is 125 cm³/mol. The first-order chi connectivity index (χ1) is 15.9. The molecule has 1 aromatic carbocycles. The molecule has 5 rings (SSSR count). The van der Waals surface area contributed by atoms with Crippen LogP contribution in [-0.2, 0) is 15.0 Å². The molecule has 0 radical (unpaired) electrons. The molecule has 2 aliphatic rings. The lowest BCUT2D eigenvalue weighted by molar-refractivity contribution is 0.0362. The van der Waals surface area contributed by atoms with Gasteiger partial charge in [0.25, 0.3) is 6.02 Å². The van der Waals surface area contributed by atoms with Crippen molar-refractivity contribution in [1.82, 2.24) is 9.97 Å². The minimum atomic E-state index is -0.870. The molecule has 0 saturated heterocycles. The van der Waals surface area contributed by atoms with Crippen molar-refractivity contribution in [2.24, 2.45) is 10.7 Å². The molecule has 0 fully saturated rings. The summed E-state index contributed by atoms with van der Waals surface area (Å²) in [4.78, 5) is 13.5. The molecule has 0 amide bonds. The number of aliphatic imine (C=N–C) groups is 1. The fraction of sp³-hybridized carbons (Fsp3) is 0.269. The molecule has 0 bridgehead atoms. The molecule has 1 spiro atoms. The summed E-state index contributed by atoms with van der Waals surface area (Å²) >= 11 is 0. The van der Waals surface area contributed by atoms with Gasteiger partial charge in [-0.25, -0.2) is 9.98 Å². The van der Waals surface area contributed by atoms with Gasteiger partial charge in [0.2, 0.25) is 5.88 Å². The highest BCUT2D eigenvalue weighted by Crippen LogP contribution is 2.51. The molecular formula is C26H24N4O3. The van der Waals surface area contributed by atoms with Crippen LogP contribution in [0.1, 0.15) is 37.5 Å². The van der Waals surface area contributed by atoms with Gasteiger partial charge in [0.05, 0.1) is 5.56 Å². The van der Waals surface area contributed by atoms with Crippen molar-refractivity contribution in [3.63, 3.8) is 0 Å². The molecule has 4 heterocycles. The van der Waals surface area contributed by atoms with Crippen LogP contribution in [0.25, 0.3) is 11.1 Å². The Balaban J connectivity index is 1.64. The van der Waals surface area contributed by atoms with Gasteiger partial charge in [0, 0.05) is 41.9 Å². The molecule has 2 aliphatic heterocycles. The fourth-order valence-electron chi connectivity index (χ4n) is 4.13. The van der Waals surface area contributed by atoms with Gasteiger partial charge in [-0.3, -0.25) is 4.98 Å². The molecule has 1 atom stereocenters. The highest BCUT2D eigenvalue weighted by molar-refractivity contribution is 5.77. The van der Waals surface area contributed by atoms with Crippen molar-refractivity contribution < 1.29 is 14.2 Å². The number of benzene rings is 1. The molecule has 0 aliphatic carbocycles. The SMILES string of the molecule is CCOC(C)(C)C#Cc1cnc2c(c1)[C@]1(COC(N)=N1)c1cc(-c3cccnc3)ccc1O2. The van der Waals surface area contributed by atoms with E-state index in [9.17, 15) is 0 Å². The average Bonchev–Trinajstić information content (AvgIpc) is 3.21. The number of nitrogens with zero attached hydrogens (tertiary/aromatic N) is 3. The maximum Gasteiger partial charge on any atom is 0.283 e. The van der Waals surface area contributed by atoms with E-state index in [0.29, 0.717) is 18.2 Å². The van der Waals surface area contributed by atoms with Crippen molar-refractivity contribution >= 4 is 6.02 Å². The Kier molecular flexibility index (Phi) is 5.03. The molecule has 166 valence electrons. The number of hydrogen-bond donors (Lipinski definition) is 1. The second-order valence-electron chi connectivity index (χ2n) is 8.42. The van der Waals surface area contributed by atoms with Crippen LogP contribution in [0, 0.1) is 11.8 Å². The smallest absolute Gasteiger partial charge is 0.283 e. The third-order valence-electron chi connectivity index (χ3n) is 5.67. The molecule has 2 aromatic heterocycles. The second-order valence-corrected chi connectivity index (χ2v) is 8.42. The zero-order valence-electron chi connectivity index (χ0n) is 18.8. The quantitative estimate of drug-likeness (QED) is 0.619. The topological polar surface area (TPSA) is 91.9 Å². The van der Waals surface area contributed by atoms with Gasteiger partial charge in [-0.05, 0) is 50.6 Å². The van der Waals surface area contributed by atoms with Crippen molar-refractivity contribution in [2.75, 3.05) is 13.2 Å². The molecular weight excluding hydrogens is 416 g/mol. The molecule has 33 heavy (non-hydrogen) atoms. The molecule has 0 unspecified atom stereocenters. The molecule has 7 nitrogen and oxygen atoms in total. The van der Waals surface area contributed by atoms with Crippen molar-refractivity contribution in [1.29, 1.82) is 0 Å². The summed E-state index contributed by atoms with van der Waals surface area (Å²) in [6.07, 6.45) is 5.27. The average molecular weight is 441 g/mol. The van der Waals surface area contributed by atoms with E-state index in [1.807, 2.05) is 57.3 Å². The fourth-order valence-corrected chi connectivity index (χ4v) is 4.13. The Hall–Kier alpha value is -3.89. The number of fused-ring (bicyclic) bond motifs is 4. The van der Waals surface area contributed by atoms with Gasteiger partial charge in [-0.2, -0.15) is 0 Å². The van der Waals surface area contributed by atoms with Gasteiger partial charge in [0.1, 0.15) is 18.0 Å². The summed E-state index contributed by atoms with van der Waals surface area (Å²) in [7, 11) is 0. The van der Waals surface area contributed by atoms with Gasteiger partial charge >= 0.3 is 0 Å². The lowest BCUT2D eigenvalue weighted by Crippen LogP contribution is -2.31. The minimum Gasteiger partial charge on any atom is -0.462 e. The van der Waals surface area contributed by atoms with Crippen LogP contribution in [0.3, 0.4) is 0 Å². The number of rotatable bonds is 3. The summed E-state index contributed by atoms with van der Waals surface area (Å²) in [5.41, 5.74) is 8.91. The predicted octanol–water partition coefficient (Wildman–Crippen LogP) is 4.00. The van der Waals surface area contributed by atoms with E-state index in [1.54, 1.807) is 12.4 Å². The highest BCUT2D eigenvalue weighted by Gasteiger charge is 2.47. The van der Waals surface area contributed by atoms with Crippen LogP contribution in [0.15, 0.2) is 60.0 Å². The van der Waals surface area contributed by atoms with E-state index < -0.39 is 11.1 Å². The summed E-state index contributed by atoms with van der Waals surface area (Å²) in [5, 5.41) is 0. The van der Waals surface area contributed by atoms with Crippen molar-refractivity contribution in [3.05, 3.63) is 71.7 Å².